The van der Waals surface area contributed by atoms with Crippen molar-refractivity contribution in [3.8, 4) is 0 Å². The van der Waals surface area contributed by atoms with E-state index in [2.05, 4.69) is 15.3 Å². The summed E-state index contributed by atoms with van der Waals surface area (Å²) in [5.41, 5.74) is 6.27. The van der Waals surface area contributed by atoms with Gasteiger partial charge in [0.15, 0.2) is 0 Å². The van der Waals surface area contributed by atoms with Crippen LogP contribution in [0, 0.1) is 5.92 Å². The van der Waals surface area contributed by atoms with Crippen LogP contribution in [0.25, 0.3) is 10.9 Å². The maximum atomic E-state index is 11.6. The molecule has 5 nitrogen and oxygen atoms in total. The summed E-state index contributed by atoms with van der Waals surface area (Å²) in [4.78, 5) is 20.4. The molecule has 1 aromatic heterocycles. The third-order valence-corrected chi connectivity index (χ3v) is 3.37. The van der Waals surface area contributed by atoms with Gasteiger partial charge in [-0.1, -0.05) is 26.0 Å². The normalized spacial score (nSPS) is 12.6. The Labute approximate surface area is 128 Å². The summed E-state index contributed by atoms with van der Waals surface area (Å²) in [7, 11) is 0. The molecule has 0 saturated heterocycles. The number of nitrogens with one attached hydrogen (secondary N) is 1. The van der Waals surface area contributed by atoms with Crippen LogP contribution in [0.4, 0.5) is 5.82 Å². The van der Waals surface area contributed by atoms with Crippen molar-refractivity contribution in [2.45, 2.75) is 32.2 Å². The van der Waals surface area contributed by atoms with Crippen molar-refractivity contribution in [2.75, 3.05) is 5.32 Å². The van der Waals surface area contributed by atoms with E-state index in [1.165, 1.54) is 0 Å². The molecule has 1 amide bonds. The minimum absolute atomic E-state index is 0.213. The van der Waals surface area contributed by atoms with E-state index in [1.807, 2.05) is 38.1 Å². The van der Waals surface area contributed by atoms with Crippen LogP contribution < -0.4 is 11.1 Å². The third-order valence-electron chi connectivity index (χ3n) is 3.13. The molecule has 21 heavy (non-hydrogen) atoms. The van der Waals surface area contributed by atoms with Crippen LogP contribution in [-0.2, 0) is 10.7 Å². The van der Waals surface area contributed by atoms with Gasteiger partial charge in [0.2, 0.25) is 5.91 Å². The molecule has 0 fully saturated rings. The molecule has 0 aliphatic rings. The maximum absolute atomic E-state index is 11.6. The fourth-order valence-corrected chi connectivity index (χ4v) is 2.30. The number of amides is 1. The van der Waals surface area contributed by atoms with Gasteiger partial charge in [-0.05, 0) is 24.5 Å². The lowest BCUT2D eigenvalue weighted by molar-refractivity contribution is -0.119. The minimum atomic E-state index is -0.466. The highest BCUT2D eigenvalue weighted by Crippen LogP contribution is 2.22. The highest BCUT2D eigenvalue weighted by molar-refractivity contribution is 6.16. The average Bonchev–Trinajstić information content (AvgIpc) is 2.45. The first kappa shape index (κ1) is 15.5. The van der Waals surface area contributed by atoms with Crippen LogP contribution in [0.15, 0.2) is 24.3 Å². The molecule has 2 rings (SSSR count). The second-order valence-electron chi connectivity index (χ2n) is 5.37. The molecule has 1 aromatic carbocycles. The summed E-state index contributed by atoms with van der Waals surface area (Å²) in [6.07, 6.45) is 0.643. The topological polar surface area (TPSA) is 80.9 Å². The summed E-state index contributed by atoms with van der Waals surface area (Å²) in [6.45, 7) is 4.08. The molecule has 0 radical (unpaired) electrons. The molecule has 0 spiro atoms. The smallest absolute Gasteiger partial charge is 0.239 e. The largest absolute Gasteiger partial charge is 0.368 e. The molecular formula is C15H19ClN4O. The Bertz CT molecular complexity index is 645. The number of hydrogen-bond donors (Lipinski definition) is 2. The molecule has 112 valence electrons. The zero-order valence-electron chi connectivity index (χ0n) is 12.1. The number of carbonyl (C=O) groups is 1. The SMILES string of the molecule is CC(C)CC(Nc1nc(CCl)nc2ccccc12)C(N)=O. The molecular weight excluding hydrogens is 288 g/mol. The molecule has 0 saturated carbocycles. The summed E-state index contributed by atoms with van der Waals surface area (Å²) in [5.74, 6) is 1.28. The number of para-hydroxylation sites is 1. The zero-order valence-corrected chi connectivity index (χ0v) is 12.9. The second-order valence-corrected chi connectivity index (χ2v) is 5.64. The van der Waals surface area contributed by atoms with E-state index < -0.39 is 6.04 Å². The van der Waals surface area contributed by atoms with Crippen molar-refractivity contribution in [1.82, 2.24) is 9.97 Å². The highest BCUT2D eigenvalue weighted by Gasteiger charge is 2.19. The Morgan fingerprint density at radius 3 is 2.67 bits per heavy atom. The number of aromatic nitrogens is 2. The van der Waals surface area contributed by atoms with Crippen LogP contribution in [0.2, 0.25) is 0 Å². The lowest BCUT2D eigenvalue weighted by Gasteiger charge is -2.19. The van der Waals surface area contributed by atoms with E-state index in [9.17, 15) is 4.79 Å². The summed E-state index contributed by atoms with van der Waals surface area (Å²) >= 11 is 5.84. The number of benzene rings is 1. The average molecular weight is 307 g/mol. The first-order valence-electron chi connectivity index (χ1n) is 6.88. The standard InChI is InChI=1S/C15H19ClN4O/c1-9(2)7-12(14(17)21)19-15-10-5-3-4-6-11(10)18-13(8-16)20-15/h3-6,9,12H,7-8H2,1-2H3,(H2,17,21)(H,18,19,20). The highest BCUT2D eigenvalue weighted by atomic mass is 35.5. The Morgan fingerprint density at radius 1 is 1.33 bits per heavy atom. The van der Waals surface area contributed by atoms with Crippen LogP contribution in [0.3, 0.4) is 0 Å². The van der Waals surface area contributed by atoms with Crippen molar-refractivity contribution in [1.29, 1.82) is 0 Å². The predicted molar refractivity (Wildman–Crippen MR) is 85.2 cm³/mol. The molecule has 0 aliphatic heterocycles. The number of alkyl halides is 1. The van der Waals surface area contributed by atoms with Gasteiger partial charge < -0.3 is 11.1 Å². The number of nitrogens with zero attached hydrogens (tertiary/aromatic N) is 2. The fourth-order valence-electron chi connectivity index (χ4n) is 2.18. The van der Waals surface area contributed by atoms with Crippen LogP contribution in [0.1, 0.15) is 26.1 Å². The quantitative estimate of drug-likeness (QED) is 0.804. The van der Waals surface area contributed by atoms with E-state index in [4.69, 9.17) is 17.3 Å². The lowest BCUT2D eigenvalue weighted by Crippen LogP contribution is -2.37. The van der Waals surface area contributed by atoms with Gasteiger partial charge in [-0.25, -0.2) is 9.97 Å². The van der Waals surface area contributed by atoms with Gasteiger partial charge in [-0.15, -0.1) is 11.6 Å². The molecule has 3 N–H and O–H groups in total. The number of nitrogens with two attached hydrogens (primary N) is 1. The third kappa shape index (κ3) is 3.82. The van der Waals surface area contributed by atoms with Gasteiger partial charge >= 0.3 is 0 Å². The van der Waals surface area contributed by atoms with Gasteiger partial charge in [0, 0.05) is 5.39 Å². The van der Waals surface area contributed by atoms with E-state index in [-0.39, 0.29) is 11.8 Å². The maximum Gasteiger partial charge on any atom is 0.239 e. The van der Waals surface area contributed by atoms with E-state index >= 15 is 0 Å². The van der Waals surface area contributed by atoms with Crippen molar-refractivity contribution in [3.05, 3.63) is 30.1 Å². The molecule has 2 aromatic rings. The molecule has 0 bridgehead atoms. The van der Waals surface area contributed by atoms with Crippen molar-refractivity contribution in [3.63, 3.8) is 0 Å². The number of rotatable bonds is 6. The van der Waals surface area contributed by atoms with Crippen LogP contribution >= 0.6 is 11.6 Å². The van der Waals surface area contributed by atoms with Crippen molar-refractivity contribution >= 4 is 34.2 Å². The second kappa shape index (κ2) is 6.72. The molecule has 0 aliphatic carbocycles. The molecule has 1 unspecified atom stereocenters. The van der Waals surface area contributed by atoms with Gasteiger partial charge in [0.05, 0.1) is 11.4 Å². The zero-order chi connectivity index (χ0) is 15.4. The Hall–Kier alpha value is -1.88. The Kier molecular flexibility index (Phi) is 4.96. The molecule has 6 heteroatoms. The lowest BCUT2D eigenvalue weighted by atomic mass is 10.0. The van der Waals surface area contributed by atoms with E-state index in [0.717, 1.165) is 10.9 Å². The van der Waals surface area contributed by atoms with Gasteiger partial charge in [-0.2, -0.15) is 0 Å². The number of primary amides is 1. The number of halogens is 1. The predicted octanol–water partition coefficient (Wildman–Crippen LogP) is 2.68. The minimum Gasteiger partial charge on any atom is -0.368 e. The number of hydrogen-bond acceptors (Lipinski definition) is 4. The van der Waals surface area contributed by atoms with Crippen molar-refractivity contribution in [2.24, 2.45) is 11.7 Å². The summed E-state index contributed by atoms with van der Waals surface area (Å²) < 4.78 is 0. The fraction of sp³-hybridized carbons (Fsp3) is 0.400. The van der Waals surface area contributed by atoms with E-state index in [1.54, 1.807) is 0 Å². The van der Waals surface area contributed by atoms with Gasteiger partial charge in [0.1, 0.15) is 17.7 Å². The first-order valence-corrected chi connectivity index (χ1v) is 7.42. The number of anilines is 1. The Morgan fingerprint density at radius 2 is 2.05 bits per heavy atom. The van der Waals surface area contributed by atoms with Gasteiger partial charge in [0.25, 0.3) is 0 Å². The molecule has 1 atom stereocenters. The van der Waals surface area contributed by atoms with Gasteiger partial charge in [-0.3, -0.25) is 4.79 Å². The summed E-state index contributed by atoms with van der Waals surface area (Å²) in [5, 5.41) is 3.99. The number of fused-ring (bicyclic) bond motifs is 1. The van der Waals surface area contributed by atoms with Crippen LogP contribution in [0.5, 0.6) is 0 Å². The van der Waals surface area contributed by atoms with Crippen molar-refractivity contribution < 1.29 is 4.79 Å². The monoisotopic (exact) mass is 306 g/mol. The summed E-state index contributed by atoms with van der Waals surface area (Å²) in [6, 6.07) is 7.13. The van der Waals surface area contributed by atoms with E-state index in [0.29, 0.717) is 24.0 Å². The molecule has 1 heterocycles. The van der Waals surface area contributed by atoms with Crippen LogP contribution in [-0.4, -0.2) is 21.9 Å². The first-order chi connectivity index (χ1) is 10.0. The Balaban J connectivity index is 2.41. The number of carbonyl (C=O) groups excluding carboxylic acids is 1.